The molecule has 3 aliphatic rings. The van der Waals surface area contributed by atoms with Crippen molar-refractivity contribution in [3.63, 3.8) is 0 Å². The fraction of sp³-hybridized carbons (Fsp3) is 0.360. The average Bonchev–Trinajstić information content (AvgIpc) is 3.31. The molecule has 5 aromatic rings. The summed E-state index contributed by atoms with van der Waals surface area (Å²) >= 11 is 1.38. The van der Waals surface area contributed by atoms with Crippen LogP contribution in [0.5, 0.6) is 0 Å². The van der Waals surface area contributed by atoms with Crippen LogP contribution in [-0.4, -0.2) is 85.7 Å². The number of hydrogen-bond donors (Lipinski definition) is 0. The van der Waals surface area contributed by atoms with Crippen molar-refractivity contribution in [1.29, 1.82) is 0 Å². The SMILES string of the molecule is CC(=O)OC1[C@H](O[C@@H]2C(OC(C)=O)[C@H](Sc3ccccc3)OC3COC(c4ccccc4)O[C@@H]32)OC(COCc2ccccc2)[C@H](OCc2ccccc2)[C@@H]1OCc1ccccc1. The van der Waals surface area contributed by atoms with Crippen molar-refractivity contribution in [3.8, 4) is 0 Å². The van der Waals surface area contributed by atoms with Crippen molar-refractivity contribution in [2.75, 3.05) is 13.2 Å². The smallest absolute Gasteiger partial charge is 0.303 e. The number of ether oxygens (including phenoxy) is 10. The Bertz CT molecular complexity index is 2150. The van der Waals surface area contributed by atoms with Crippen LogP contribution in [-0.2, 0) is 76.8 Å². The lowest BCUT2D eigenvalue weighted by atomic mass is 9.96. The fourth-order valence-corrected chi connectivity index (χ4v) is 9.04. The minimum atomic E-state index is -1.30. The highest BCUT2D eigenvalue weighted by Crippen LogP contribution is 2.43. The number of hydrogen-bond acceptors (Lipinski definition) is 13. The Labute approximate surface area is 372 Å². The van der Waals surface area contributed by atoms with Crippen molar-refractivity contribution < 1.29 is 57.0 Å². The summed E-state index contributed by atoms with van der Waals surface area (Å²) in [7, 11) is 0. The average molecular weight is 877 g/mol. The number of rotatable bonds is 17. The van der Waals surface area contributed by atoms with Gasteiger partial charge in [-0.25, -0.2) is 0 Å². The molecule has 3 aliphatic heterocycles. The third-order valence-electron chi connectivity index (χ3n) is 10.8. The number of carbonyl (C=O) groups is 2. The van der Waals surface area contributed by atoms with E-state index in [2.05, 4.69) is 0 Å². The molecule has 63 heavy (non-hydrogen) atoms. The van der Waals surface area contributed by atoms with Gasteiger partial charge in [-0.15, -0.1) is 0 Å². The van der Waals surface area contributed by atoms with Crippen LogP contribution in [0, 0.1) is 0 Å². The van der Waals surface area contributed by atoms with E-state index in [4.69, 9.17) is 47.4 Å². The molecule has 13 heteroatoms. The molecule has 3 heterocycles. The second-order valence-electron chi connectivity index (χ2n) is 15.5. The van der Waals surface area contributed by atoms with Gasteiger partial charge in [0, 0.05) is 24.3 Å². The van der Waals surface area contributed by atoms with Crippen molar-refractivity contribution >= 4 is 23.7 Å². The van der Waals surface area contributed by atoms with Gasteiger partial charge in [-0.1, -0.05) is 151 Å². The van der Waals surface area contributed by atoms with Crippen LogP contribution in [0.25, 0.3) is 0 Å². The van der Waals surface area contributed by atoms with Crippen molar-refractivity contribution in [2.24, 2.45) is 0 Å². The largest absolute Gasteiger partial charge is 0.456 e. The number of fused-ring (bicyclic) bond motifs is 1. The van der Waals surface area contributed by atoms with Crippen LogP contribution in [0.1, 0.15) is 42.4 Å². The second kappa shape index (κ2) is 22.1. The maximum Gasteiger partial charge on any atom is 0.303 e. The zero-order valence-electron chi connectivity index (χ0n) is 35.1. The Morgan fingerprint density at radius 2 is 1.10 bits per heavy atom. The lowest BCUT2D eigenvalue weighted by Gasteiger charge is -2.51. The third kappa shape index (κ3) is 12.0. The van der Waals surface area contributed by atoms with Gasteiger partial charge in [-0.2, -0.15) is 0 Å². The Morgan fingerprint density at radius 3 is 1.68 bits per heavy atom. The first kappa shape index (κ1) is 44.7. The topological polar surface area (TPSA) is 126 Å². The summed E-state index contributed by atoms with van der Waals surface area (Å²) in [5.41, 5.74) is 2.81. The summed E-state index contributed by atoms with van der Waals surface area (Å²) in [4.78, 5) is 27.1. The summed E-state index contributed by atoms with van der Waals surface area (Å²) in [5, 5.41) is 0. The van der Waals surface area contributed by atoms with Crippen LogP contribution >= 0.6 is 11.8 Å². The normalized spacial score (nSPS) is 28.1. The van der Waals surface area contributed by atoms with Crippen LogP contribution < -0.4 is 0 Å². The molecule has 12 nitrogen and oxygen atoms in total. The molecule has 0 saturated carbocycles. The standard InChI is InChI=1S/C50H52O12S/c1-33(51)57-46-44(55-30-37-22-12-5-13-23-37)42(54-29-36-20-10-4-11-21-36)40(31-53-28-35-18-8-3-9-19-35)59-49(46)62-45-43-41(32-56-48(61-43)38-24-14-6-15-25-38)60-50(47(45)58-34(2)52)63-39-26-16-7-17-27-39/h3-27,40-50H,28-32H2,1-2H3/t40?,41?,42-,43-,44-,45-,46?,47?,48?,49-,50-/m0/s1. The predicted molar refractivity (Wildman–Crippen MR) is 232 cm³/mol. The van der Waals surface area contributed by atoms with Crippen LogP contribution in [0.15, 0.2) is 157 Å². The van der Waals surface area contributed by atoms with Crippen molar-refractivity contribution in [1.82, 2.24) is 0 Å². The van der Waals surface area contributed by atoms with E-state index in [1.165, 1.54) is 25.6 Å². The van der Waals surface area contributed by atoms with E-state index >= 15 is 0 Å². The van der Waals surface area contributed by atoms with Gasteiger partial charge in [-0.3, -0.25) is 9.59 Å². The minimum absolute atomic E-state index is 0.0618. The summed E-state index contributed by atoms with van der Waals surface area (Å²) in [5.74, 6) is -1.14. The highest BCUT2D eigenvalue weighted by atomic mass is 32.2. The minimum Gasteiger partial charge on any atom is -0.456 e. The Morgan fingerprint density at radius 1 is 0.571 bits per heavy atom. The summed E-state index contributed by atoms with van der Waals surface area (Å²) < 4.78 is 65.9. The van der Waals surface area contributed by atoms with Gasteiger partial charge in [0.25, 0.3) is 0 Å². The second-order valence-corrected chi connectivity index (χ2v) is 16.6. The molecule has 0 bridgehead atoms. The fourth-order valence-electron chi connectivity index (χ4n) is 7.91. The maximum atomic E-state index is 13.2. The molecule has 3 saturated heterocycles. The van der Waals surface area contributed by atoms with Gasteiger partial charge in [0.15, 0.2) is 24.8 Å². The number of thioether (sulfide) groups is 1. The van der Waals surface area contributed by atoms with Gasteiger partial charge >= 0.3 is 11.9 Å². The van der Waals surface area contributed by atoms with Crippen LogP contribution in [0.3, 0.4) is 0 Å². The van der Waals surface area contributed by atoms with E-state index < -0.39 is 78.8 Å². The highest BCUT2D eigenvalue weighted by Gasteiger charge is 2.57. The number of carbonyl (C=O) groups excluding carboxylic acids is 2. The molecule has 5 unspecified atom stereocenters. The van der Waals surface area contributed by atoms with E-state index in [0.29, 0.717) is 6.61 Å². The lowest BCUT2D eigenvalue weighted by Crippen LogP contribution is -2.67. The van der Waals surface area contributed by atoms with Crippen molar-refractivity contribution in [2.45, 2.75) is 105 Å². The first-order valence-electron chi connectivity index (χ1n) is 21.1. The van der Waals surface area contributed by atoms with E-state index in [0.717, 1.165) is 27.1 Å². The molecule has 330 valence electrons. The molecule has 0 spiro atoms. The molecule has 3 fully saturated rings. The molecule has 0 N–H and O–H groups in total. The molecule has 0 aliphatic carbocycles. The predicted octanol–water partition coefficient (Wildman–Crippen LogP) is 7.98. The summed E-state index contributed by atoms with van der Waals surface area (Å²) in [6.07, 6.45) is -9.39. The van der Waals surface area contributed by atoms with Gasteiger partial charge in [0.2, 0.25) is 0 Å². The first-order valence-corrected chi connectivity index (χ1v) is 22.0. The van der Waals surface area contributed by atoms with Gasteiger partial charge in [0.1, 0.15) is 42.1 Å². The quantitative estimate of drug-likeness (QED) is 0.0840. The number of esters is 2. The first-order chi connectivity index (χ1) is 30.9. The van der Waals surface area contributed by atoms with E-state index in [1.54, 1.807) is 0 Å². The zero-order chi connectivity index (χ0) is 43.4. The van der Waals surface area contributed by atoms with Crippen molar-refractivity contribution in [3.05, 3.63) is 174 Å². The molecule has 5 aromatic carbocycles. The monoisotopic (exact) mass is 876 g/mol. The Hall–Kier alpha value is -4.93. The van der Waals surface area contributed by atoms with E-state index in [-0.39, 0.29) is 26.4 Å². The molecule has 0 aromatic heterocycles. The third-order valence-corrected chi connectivity index (χ3v) is 12.0. The molecule has 0 amide bonds. The molecular formula is C50H52O12S. The van der Waals surface area contributed by atoms with Gasteiger partial charge in [-0.05, 0) is 28.8 Å². The molecule has 11 atom stereocenters. The summed E-state index contributed by atoms with van der Waals surface area (Å²) in [6, 6.07) is 48.5. The van der Waals surface area contributed by atoms with E-state index in [9.17, 15) is 9.59 Å². The molecule has 0 radical (unpaired) electrons. The maximum absolute atomic E-state index is 13.2. The summed E-state index contributed by atoms with van der Waals surface area (Å²) in [6.45, 7) is 3.54. The molecule has 8 rings (SSSR count). The molecular weight excluding hydrogens is 825 g/mol. The highest BCUT2D eigenvalue weighted by molar-refractivity contribution is 7.99. The van der Waals surface area contributed by atoms with Gasteiger partial charge < -0.3 is 47.4 Å². The number of benzene rings is 5. The van der Waals surface area contributed by atoms with E-state index in [1.807, 2.05) is 152 Å². The van der Waals surface area contributed by atoms with Gasteiger partial charge in [0.05, 0.1) is 33.0 Å². The Balaban J connectivity index is 1.17. The van der Waals surface area contributed by atoms with Crippen LogP contribution in [0.4, 0.5) is 0 Å². The Kier molecular flexibility index (Phi) is 15.7. The van der Waals surface area contributed by atoms with Crippen LogP contribution in [0.2, 0.25) is 0 Å². The lowest BCUT2D eigenvalue weighted by molar-refractivity contribution is -0.371. The zero-order valence-corrected chi connectivity index (χ0v) is 35.9.